The summed E-state index contributed by atoms with van der Waals surface area (Å²) in [5.74, 6) is 0.277. The fraction of sp³-hybridized carbons (Fsp3) is 0.368. The number of carbonyl (C=O) groups is 1. The van der Waals surface area contributed by atoms with Crippen LogP contribution < -0.4 is 5.32 Å². The van der Waals surface area contributed by atoms with E-state index < -0.39 is 10.0 Å². The first-order valence-corrected chi connectivity index (χ1v) is 10.1. The fourth-order valence-electron chi connectivity index (χ4n) is 2.81. The minimum Gasteiger partial charge on any atom is -0.349 e. The summed E-state index contributed by atoms with van der Waals surface area (Å²) in [4.78, 5) is 16.5. The lowest BCUT2D eigenvalue weighted by Crippen LogP contribution is -2.38. The zero-order valence-corrected chi connectivity index (χ0v) is 15.7. The number of benzene rings is 1. The van der Waals surface area contributed by atoms with Crippen molar-refractivity contribution in [3.63, 3.8) is 0 Å². The molecule has 1 aromatic heterocycles. The molecule has 26 heavy (non-hydrogen) atoms. The maximum Gasteiger partial charge on any atom is 0.260 e. The Kier molecular flexibility index (Phi) is 5.38. The largest absolute Gasteiger partial charge is 0.349 e. The van der Waals surface area contributed by atoms with Gasteiger partial charge in [-0.15, -0.1) is 0 Å². The second-order valence-corrected chi connectivity index (χ2v) is 8.88. The van der Waals surface area contributed by atoms with Crippen LogP contribution in [0.15, 0.2) is 53.7 Å². The van der Waals surface area contributed by atoms with E-state index in [4.69, 9.17) is 0 Å². The van der Waals surface area contributed by atoms with Crippen LogP contribution in [0.1, 0.15) is 28.8 Å². The highest BCUT2D eigenvalue weighted by Crippen LogP contribution is 2.34. The number of nitrogens with one attached hydrogen (secondary N) is 1. The van der Waals surface area contributed by atoms with Crippen LogP contribution in [0.4, 0.5) is 0 Å². The van der Waals surface area contributed by atoms with Gasteiger partial charge in [0.2, 0.25) is 0 Å². The minimum atomic E-state index is -3.60. The molecule has 1 aliphatic rings. The van der Waals surface area contributed by atoms with Crippen LogP contribution in [0.25, 0.3) is 0 Å². The maximum atomic E-state index is 12.6. The van der Waals surface area contributed by atoms with Crippen LogP contribution >= 0.6 is 0 Å². The molecule has 3 rings (SSSR count). The summed E-state index contributed by atoms with van der Waals surface area (Å²) in [5.41, 5.74) is 1.55. The van der Waals surface area contributed by atoms with Gasteiger partial charge in [-0.3, -0.25) is 4.79 Å². The Morgan fingerprint density at radius 1 is 1.19 bits per heavy atom. The second kappa shape index (κ2) is 7.55. The van der Waals surface area contributed by atoms with E-state index in [9.17, 15) is 13.2 Å². The molecule has 7 heteroatoms. The van der Waals surface area contributed by atoms with Crippen molar-refractivity contribution in [2.24, 2.45) is 5.92 Å². The third kappa shape index (κ3) is 4.28. The molecule has 1 heterocycles. The van der Waals surface area contributed by atoms with Crippen LogP contribution in [0, 0.1) is 5.92 Å². The number of aromatic nitrogens is 1. The zero-order chi connectivity index (χ0) is 18.7. The molecule has 138 valence electrons. The molecule has 6 nitrogen and oxygen atoms in total. The van der Waals surface area contributed by atoms with Crippen molar-refractivity contribution >= 4 is 15.9 Å². The van der Waals surface area contributed by atoms with E-state index in [2.05, 4.69) is 22.4 Å². The van der Waals surface area contributed by atoms with Crippen LogP contribution in [0.2, 0.25) is 0 Å². The number of pyridine rings is 1. The van der Waals surface area contributed by atoms with Crippen LogP contribution in [-0.4, -0.2) is 43.8 Å². The first-order valence-electron chi connectivity index (χ1n) is 8.61. The van der Waals surface area contributed by atoms with Crippen molar-refractivity contribution in [2.75, 3.05) is 14.1 Å². The van der Waals surface area contributed by atoms with Gasteiger partial charge >= 0.3 is 0 Å². The van der Waals surface area contributed by atoms with Gasteiger partial charge in [-0.1, -0.05) is 30.3 Å². The van der Waals surface area contributed by atoms with Gasteiger partial charge in [0.1, 0.15) is 0 Å². The molecule has 0 radical (unpaired) electrons. The highest BCUT2D eigenvalue weighted by Gasteiger charge is 2.32. The van der Waals surface area contributed by atoms with Crippen molar-refractivity contribution in [1.29, 1.82) is 0 Å². The van der Waals surface area contributed by atoms with Gasteiger partial charge in [-0.05, 0) is 42.9 Å². The minimum absolute atomic E-state index is 0.0675. The average Bonchev–Trinajstić information content (AvgIpc) is 3.47. The molecule has 0 saturated heterocycles. The second-order valence-electron chi connectivity index (χ2n) is 6.78. The number of nitrogens with zero attached hydrogens (tertiary/aromatic N) is 2. The van der Waals surface area contributed by atoms with E-state index in [1.165, 1.54) is 38.0 Å². The maximum absolute atomic E-state index is 12.6. The van der Waals surface area contributed by atoms with Crippen molar-refractivity contribution in [2.45, 2.75) is 30.3 Å². The Bertz CT molecular complexity index is 861. The normalized spacial score (nSPS) is 15.7. The van der Waals surface area contributed by atoms with Crippen LogP contribution in [0.3, 0.4) is 0 Å². The summed E-state index contributed by atoms with van der Waals surface area (Å²) in [6, 6.07) is 13.0. The van der Waals surface area contributed by atoms with Gasteiger partial charge in [0, 0.05) is 26.3 Å². The van der Waals surface area contributed by atoms with Crippen molar-refractivity contribution < 1.29 is 13.2 Å². The molecule has 1 fully saturated rings. The van der Waals surface area contributed by atoms with Gasteiger partial charge in [0.25, 0.3) is 15.9 Å². The number of hydrogen-bond donors (Lipinski definition) is 1. The molecule has 1 N–H and O–H groups in total. The molecule has 1 unspecified atom stereocenters. The number of rotatable bonds is 7. The van der Waals surface area contributed by atoms with E-state index in [-0.39, 0.29) is 17.0 Å². The summed E-state index contributed by atoms with van der Waals surface area (Å²) in [6.07, 6.45) is 4.35. The molecule has 0 bridgehead atoms. The van der Waals surface area contributed by atoms with Gasteiger partial charge in [0.15, 0.2) is 5.03 Å². The Morgan fingerprint density at radius 2 is 1.88 bits per heavy atom. The quantitative estimate of drug-likeness (QED) is 0.806. The molecule has 1 saturated carbocycles. The molecular weight excluding hydrogens is 350 g/mol. The fourth-order valence-corrected chi connectivity index (χ4v) is 3.61. The lowest BCUT2D eigenvalue weighted by molar-refractivity contribution is 0.0931. The van der Waals surface area contributed by atoms with E-state index in [0.29, 0.717) is 11.5 Å². The van der Waals surface area contributed by atoms with Crippen molar-refractivity contribution in [1.82, 2.24) is 14.6 Å². The van der Waals surface area contributed by atoms with Gasteiger partial charge in [-0.25, -0.2) is 17.7 Å². The van der Waals surface area contributed by atoms with E-state index in [1.807, 2.05) is 18.2 Å². The van der Waals surface area contributed by atoms with Gasteiger partial charge < -0.3 is 5.32 Å². The predicted molar refractivity (Wildman–Crippen MR) is 99.2 cm³/mol. The summed E-state index contributed by atoms with van der Waals surface area (Å²) in [5, 5.41) is 3.02. The Labute approximate surface area is 154 Å². The highest BCUT2D eigenvalue weighted by atomic mass is 32.2. The molecule has 1 amide bonds. The lowest BCUT2D eigenvalue weighted by Gasteiger charge is -2.18. The zero-order valence-electron chi connectivity index (χ0n) is 14.9. The first kappa shape index (κ1) is 18.5. The van der Waals surface area contributed by atoms with Gasteiger partial charge in [0.05, 0.1) is 5.56 Å². The topological polar surface area (TPSA) is 79.4 Å². The lowest BCUT2D eigenvalue weighted by atomic mass is 10.0. The number of amides is 1. The van der Waals surface area contributed by atoms with E-state index >= 15 is 0 Å². The summed E-state index contributed by atoms with van der Waals surface area (Å²) in [7, 11) is -0.704. The Hall–Kier alpha value is -2.25. The third-order valence-electron chi connectivity index (χ3n) is 4.55. The Balaban J connectivity index is 1.70. The Morgan fingerprint density at radius 3 is 2.42 bits per heavy atom. The third-order valence-corrected chi connectivity index (χ3v) is 6.28. The van der Waals surface area contributed by atoms with E-state index in [1.54, 1.807) is 0 Å². The monoisotopic (exact) mass is 373 g/mol. The SMILES string of the molecule is CN(C)S(=O)(=O)c1ccc(C(=O)NC(Cc2ccccc2)C2CC2)cn1. The molecule has 0 aliphatic heterocycles. The number of hydrogen-bond acceptors (Lipinski definition) is 4. The summed E-state index contributed by atoms with van der Waals surface area (Å²) < 4.78 is 25.2. The molecular formula is C19H23N3O3S. The molecule has 1 aliphatic carbocycles. The first-order chi connectivity index (χ1) is 12.4. The highest BCUT2D eigenvalue weighted by molar-refractivity contribution is 7.89. The number of carbonyl (C=O) groups excluding carboxylic acids is 1. The molecule has 2 aromatic rings. The summed E-state index contributed by atoms with van der Waals surface area (Å²) in [6.45, 7) is 0. The molecule has 1 atom stereocenters. The van der Waals surface area contributed by atoms with Crippen molar-refractivity contribution in [3.8, 4) is 0 Å². The average molecular weight is 373 g/mol. The smallest absolute Gasteiger partial charge is 0.260 e. The summed E-state index contributed by atoms with van der Waals surface area (Å²) >= 11 is 0. The van der Waals surface area contributed by atoms with E-state index in [0.717, 1.165) is 23.6 Å². The standard InChI is InChI=1S/C19H23N3O3S/c1-22(2)26(24,25)18-11-10-16(13-20-18)19(23)21-17(15-8-9-15)12-14-6-4-3-5-7-14/h3-7,10-11,13,15,17H,8-9,12H2,1-2H3,(H,21,23). The predicted octanol–water partition coefficient (Wildman–Crippen LogP) is 2.08. The molecule has 1 aromatic carbocycles. The van der Waals surface area contributed by atoms with Crippen molar-refractivity contribution in [3.05, 3.63) is 59.8 Å². The van der Waals surface area contributed by atoms with Crippen LogP contribution in [-0.2, 0) is 16.4 Å². The van der Waals surface area contributed by atoms with Gasteiger partial charge in [-0.2, -0.15) is 0 Å². The van der Waals surface area contributed by atoms with Crippen LogP contribution in [0.5, 0.6) is 0 Å². The number of sulfonamides is 1. The molecule has 0 spiro atoms.